The topological polar surface area (TPSA) is 55.4 Å². The fraction of sp³-hybridized carbons (Fsp3) is 0.222. The molecule has 1 amide bonds. The summed E-state index contributed by atoms with van der Waals surface area (Å²) in [6.07, 6.45) is -4.69. The number of hydrogen-bond acceptors (Lipinski definition) is 3. The van der Waals surface area contributed by atoms with Gasteiger partial charge >= 0.3 is 12.1 Å². The maximum Gasteiger partial charge on any atom is 0.416 e. The van der Waals surface area contributed by atoms with E-state index in [1.807, 2.05) is 0 Å². The van der Waals surface area contributed by atoms with Gasteiger partial charge in [-0.3, -0.25) is 4.79 Å². The number of carbonyl (C=O) groups is 2. The number of amides is 1. The van der Waals surface area contributed by atoms with Crippen LogP contribution in [0.2, 0.25) is 0 Å². The number of anilines is 1. The number of halogens is 3. The first-order chi connectivity index (χ1) is 11.7. The number of carbonyl (C=O) groups excluding carboxylic acids is 2. The SMILES string of the molecule is CC(C)OC(=O)c1ccc(NC(=O)c2ccc(C(F)(F)F)cc2)cc1. The van der Waals surface area contributed by atoms with Crippen molar-refractivity contribution in [2.45, 2.75) is 26.1 Å². The predicted molar refractivity (Wildman–Crippen MR) is 86.4 cm³/mol. The molecule has 0 heterocycles. The smallest absolute Gasteiger partial charge is 0.416 e. The lowest BCUT2D eigenvalue weighted by Gasteiger charge is -2.10. The standard InChI is InChI=1S/C18H16F3NO3/c1-11(2)25-17(24)13-5-9-15(10-6-13)22-16(23)12-3-7-14(8-4-12)18(19,20)21/h3-11H,1-2H3,(H,22,23). The van der Waals surface area contributed by atoms with Crippen LogP contribution in [0.15, 0.2) is 48.5 Å². The molecule has 0 radical (unpaired) electrons. The van der Waals surface area contributed by atoms with Crippen molar-refractivity contribution in [1.29, 1.82) is 0 Å². The van der Waals surface area contributed by atoms with E-state index in [2.05, 4.69) is 5.32 Å². The minimum absolute atomic E-state index is 0.0938. The van der Waals surface area contributed by atoms with Crippen LogP contribution in [0, 0.1) is 0 Å². The Balaban J connectivity index is 2.04. The van der Waals surface area contributed by atoms with E-state index in [1.165, 1.54) is 24.3 Å². The maximum atomic E-state index is 12.5. The van der Waals surface area contributed by atoms with Gasteiger partial charge in [0.05, 0.1) is 17.2 Å². The van der Waals surface area contributed by atoms with Gasteiger partial charge in [0.15, 0.2) is 0 Å². The summed E-state index contributed by atoms with van der Waals surface area (Å²) in [5.74, 6) is -1.03. The van der Waals surface area contributed by atoms with Gasteiger partial charge < -0.3 is 10.1 Å². The summed E-state index contributed by atoms with van der Waals surface area (Å²) in [5.41, 5.74) is 0.0144. The van der Waals surface area contributed by atoms with Crippen molar-refractivity contribution in [2.75, 3.05) is 5.32 Å². The Morgan fingerprint density at radius 3 is 1.92 bits per heavy atom. The Morgan fingerprint density at radius 2 is 1.44 bits per heavy atom. The van der Waals surface area contributed by atoms with Crippen molar-refractivity contribution in [2.24, 2.45) is 0 Å². The highest BCUT2D eigenvalue weighted by Gasteiger charge is 2.30. The van der Waals surface area contributed by atoms with Gasteiger partial charge in [0.1, 0.15) is 0 Å². The molecule has 1 N–H and O–H groups in total. The van der Waals surface area contributed by atoms with Crippen molar-refractivity contribution >= 4 is 17.6 Å². The van der Waals surface area contributed by atoms with Crippen LogP contribution >= 0.6 is 0 Å². The summed E-state index contributed by atoms with van der Waals surface area (Å²) in [4.78, 5) is 23.8. The number of alkyl halides is 3. The van der Waals surface area contributed by atoms with Gasteiger partial charge in [-0.05, 0) is 62.4 Å². The third kappa shape index (κ3) is 5.07. The molecule has 0 aromatic heterocycles. The second-order valence-corrected chi connectivity index (χ2v) is 5.56. The number of nitrogens with one attached hydrogen (secondary N) is 1. The van der Waals surface area contributed by atoms with E-state index >= 15 is 0 Å². The first-order valence-corrected chi connectivity index (χ1v) is 7.46. The summed E-state index contributed by atoms with van der Waals surface area (Å²) in [7, 11) is 0. The molecule has 132 valence electrons. The zero-order chi connectivity index (χ0) is 18.6. The van der Waals surface area contributed by atoms with Crippen molar-refractivity contribution in [3.8, 4) is 0 Å². The summed E-state index contributed by atoms with van der Waals surface area (Å²) in [6.45, 7) is 3.47. The largest absolute Gasteiger partial charge is 0.459 e. The molecule has 25 heavy (non-hydrogen) atoms. The lowest BCUT2D eigenvalue weighted by Crippen LogP contribution is -2.14. The number of rotatable bonds is 4. The Morgan fingerprint density at radius 1 is 0.920 bits per heavy atom. The molecule has 2 aromatic carbocycles. The first kappa shape index (κ1) is 18.5. The molecule has 0 saturated carbocycles. The van der Waals surface area contributed by atoms with Gasteiger partial charge in [-0.25, -0.2) is 4.79 Å². The van der Waals surface area contributed by atoms with Crippen molar-refractivity contribution in [3.63, 3.8) is 0 Å². The lowest BCUT2D eigenvalue weighted by molar-refractivity contribution is -0.137. The van der Waals surface area contributed by atoms with Crippen molar-refractivity contribution in [1.82, 2.24) is 0 Å². The highest BCUT2D eigenvalue weighted by Crippen LogP contribution is 2.29. The number of ether oxygens (including phenoxy) is 1. The predicted octanol–water partition coefficient (Wildman–Crippen LogP) is 4.52. The van der Waals surface area contributed by atoms with E-state index in [0.29, 0.717) is 11.3 Å². The van der Waals surface area contributed by atoms with Crippen LogP contribution in [-0.4, -0.2) is 18.0 Å². The minimum atomic E-state index is -4.45. The highest BCUT2D eigenvalue weighted by molar-refractivity contribution is 6.04. The van der Waals surface area contributed by atoms with Crippen LogP contribution in [0.25, 0.3) is 0 Å². The summed E-state index contributed by atoms with van der Waals surface area (Å²) < 4.78 is 42.6. The molecule has 7 heteroatoms. The lowest BCUT2D eigenvalue weighted by atomic mass is 10.1. The maximum absolute atomic E-state index is 12.5. The van der Waals surface area contributed by atoms with E-state index in [-0.39, 0.29) is 11.7 Å². The van der Waals surface area contributed by atoms with Gasteiger partial charge in [0.2, 0.25) is 0 Å². The summed E-state index contributed by atoms with van der Waals surface area (Å²) in [6, 6.07) is 9.91. The summed E-state index contributed by atoms with van der Waals surface area (Å²) >= 11 is 0. The van der Waals surface area contributed by atoms with Crippen LogP contribution in [-0.2, 0) is 10.9 Å². The molecule has 0 fully saturated rings. The van der Waals surface area contributed by atoms with Gasteiger partial charge in [-0.2, -0.15) is 13.2 Å². The molecule has 0 unspecified atom stereocenters. The molecule has 0 spiro atoms. The monoisotopic (exact) mass is 351 g/mol. The van der Waals surface area contributed by atoms with Crippen LogP contribution < -0.4 is 5.32 Å². The van der Waals surface area contributed by atoms with E-state index < -0.39 is 23.6 Å². The number of esters is 1. The van der Waals surface area contributed by atoms with E-state index in [9.17, 15) is 22.8 Å². The first-order valence-electron chi connectivity index (χ1n) is 7.46. The fourth-order valence-electron chi connectivity index (χ4n) is 1.99. The molecule has 2 aromatic rings. The Kier molecular flexibility index (Phi) is 5.46. The molecule has 0 aliphatic rings. The van der Waals surface area contributed by atoms with Crippen LogP contribution in [0.5, 0.6) is 0 Å². The third-order valence-electron chi connectivity index (χ3n) is 3.20. The van der Waals surface area contributed by atoms with Crippen LogP contribution in [0.1, 0.15) is 40.1 Å². The minimum Gasteiger partial charge on any atom is -0.459 e. The van der Waals surface area contributed by atoms with Crippen molar-refractivity contribution in [3.05, 3.63) is 65.2 Å². The van der Waals surface area contributed by atoms with Crippen LogP contribution in [0.3, 0.4) is 0 Å². The second kappa shape index (κ2) is 7.38. The molecule has 0 saturated heterocycles. The van der Waals surface area contributed by atoms with E-state index in [4.69, 9.17) is 4.74 Å². The normalized spacial score (nSPS) is 11.3. The average molecular weight is 351 g/mol. The molecular formula is C18H16F3NO3. The van der Waals surface area contributed by atoms with Gasteiger partial charge in [-0.15, -0.1) is 0 Å². The number of hydrogen-bond donors (Lipinski definition) is 1. The zero-order valence-electron chi connectivity index (χ0n) is 13.6. The average Bonchev–Trinajstić information content (AvgIpc) is 2.54. The highest BCUT2D eigenvalue weighted by atomic mass is 19.4. The molecule has 0 aliphatic heterocycles. The molecule has 0 atom stereocenters. The van der Waals surface area contributed by atoms with Gasteiger partial charge in [-0.1, -0.05) is 0 Å². The van der Waals surface area contributed by atoms with Gasteiger partial charge in [0, 0.05) is 11.3 Å². The van der Waals surface area contributed by atoms with E-state index in [1.54, 1.807) is 13.8 Å². The molecule has 0 aliphatic carbocycles. The number of benzene rings is 2. The quantitative estimate of drug-likeness (QED) is 0.824. The molecular weight excluding hydrogens is 335 g/mol. The van der Waals surface area contributed by atoms with Crippen LogP contribution in [0.4, 0.5) is 18.9 Å². The molecule has 0 bridgehead atoms. The second-order valence-electron chi connectivity index (χ2n) is 5.56. The fourth-order valence-corrected chi connectivity index (χ4v) is 1.99. The Labute approximate surface area is 142 Å². The van der Waals surface area contributed by atoms with Gasteiger partial charge in [0.25, 0.3) is 5.91 Å². The Hall–Kier alpha value is -2.83. The summed E-state index contributed by atoms with van der Waals surface area (Å²) in [5, 5.41) is 2.55. The third-order valence-corrected chi connectivity index (χ3v) is 3.20. The Bertz CT molecular complexity index is 751. The van der Waals surface area contributed by atoms with Crippen molar-refractivity contribution < 1.29 is 27.5 Å². The zero-order valence-corrected chi connectivity index (χ0v) is 13.6. The van der Waals surface area contributed by atoms with E-state index in [0.717, 1.165) is 24.3 Å². The molecule has 2 rings (SSSR count). The molecule has 4 nitrogen and oxygen atoms in total.